The first kappa shape index (κ1) is 14.3. The molecule has 0 unspecified atom stereocenters. The topological polar surface area (TPSA) is 52.7 Å². The molecule has 19 heavy (non-hydrogen) atoms. The molecule has 1 N–H and O–H groups in total. The summed E-state index contributed by atoms with van der Waals surface area (Å²) >= 11 is 0. The second-order valence-electron chi connectivity index (χ2n) is 5.97. The largest absolute Gasteiger partial charge is 0.355 e. The summed E-state index contributed by atoms with van der Waals surface area (Å²) in [5.74, 6) is 0.850. The Morgan fingerprint density at radius 2 is 1.74 bits per heavy atom. The molecule has 2 rings (SSSR count). The molecule has 2 amide bonds. The molecule has 2 fully saturated rings. The summed E-state index contributed by atoms with van der Waals surface area (Å²) in [5.41, 5.74) is 0. The highest BCUT2D eigenvalue weighted by Gasteiger charge is 2.35. The van der Waals surface area contributed by atoms with E-state index in [1.54, 1.807) is 0 Å². The lowest BCUT2D eigenvalue weighted by Gasteiger charge is -2.31. The zero-order chi connectivity index (χ0) is 13.8. The third-order valence-electron chi connectivity index (χ3n) is 3.96. The Balaban J connectivity index is 1.67. The van der Waals surface area contributed by atoms with Crippen LogP contribution in [0, 0.1) is 11.8 Å². The minimum Gasteiger partial charge on any atom is -0.355 e. The average Bonchev–Trinajstić information content (AvgIpc) is 3.22. The summed E-state index contributed by atoms with van der Waals surface area (Å²) in [6.07, 6.45) is 3.74. The van der Waals surface area contributed by atoms with Crippen LogP contribution < -0.4 is 5.32 Å². The first-order chi connectivity index (χ1) is 9.08. The van der Waals surface area contributed by atoms with Gasteiger partial charge in [0.25, 0.3) is 0 Å². The standard InChI is InChI=1S/C14H25N3O2/c1-16(2)10-7-15-13(18)11-5-8-17(9-6-11)14(19)12-3-4-12/h11-12H,3-10H2,1-2H3,(H,15,18). The second-order valence-corrected chi connectivity index (χ2v) is 5.97. The quantitative estimate of drug-likeness (QED) is 0.780. The van der Waals surface area contributed by atoms with Crippen molar-refractivity contribution in [1.29, 1.82) is 0 Å². The Morgan fingerprint density at radius 1 is 1.11 bits per heavy atom. The van der Waals surface area contributed by atoms with Crippen molar-refractivity contribution >= 4 is 11.8 Å². The van der Waals surface area contributed by atoms with E-state index >= 15 is 0 Å². The Labute approximate surface area is 115 Å². The Morgan fingerprint density at radius 3 is 2.26 bits per heavy atom. The fourth-order valence-corrected chi connectivity index (χ4v) is 2.50. The van der Waals surface area contributed by atoms with Crippen molar-refractivity contribution in [2.45, 2.75) is 25.7 Å². The molecule has 0 aromatic carbocycles. The monoisotopic (exact) mass is 267 g/mol. The van der Waals surface area contributed by atoms with Crippen LogP contribution in [0.25, 0.3) is 0 Å². The molecule has 0 bridgehead atoms. The summed E-state index contributed by atoms with van der Waals surface area (Å²) in [6, 6.07) is 0. The first-order valence-corrected chi connectivity index (χ1v) is 7.29. The fourth-order valence-electron chi connectivity index (χ4n) is 2.50. The van der Waals surface area contributed by atoms with E-state index in [4.69, 9.17) is 0 Å². The number of piperidine rings is 1. The van der Waals surface area contributed by atoms with Gasteiger partial charge in [0.2, 0.25) is 11.8 Å². The van der Waals surface area contributed by atoms with E-state index < -0.39 is 0 Å². The maximum absolute atomic E-state index is 12.0. The zero-order valence-electron chi connectivity index (χ0n) is 12.0. The minimum atomic E-state index is 0.0883. The molecule has 0 aromatic heterocycles. The van der Waals surface area contributed by atoms with Gasteiger partial charge in [-0.15, -0.1) is 0 Å². The average molecular weight is 267 g/mol. The number of hydrogen-bond acceptors (Lipinski definition) is 3. The molecule has 5 nitrogen and oxygen atoms in total. The van der Waals surface area contributed by atoms with Gasteiger partial charge in [0.1, 0.15) is 0 Å². The SMILES string of the molecule is CN(C)CCNC(=O)C1CCN(C(=O)C2CC2)CC1. The molecule has 0 spiro atoms. The Bertz CT molecular complexity index is 332. The lowest BCUT2D eigenvalue weighted by molar-refractivity contribution is -0.136. The van der Waals surface area contributed by atoms with Crippen LogP contribution >= 0.6 is 0 Å². The van der Waals surface area contributed by atoms with Gasteiger partial charge in [-0.05, 0) is 39.8 Å². The number of likely N-dealkylation sites (tertiary alicyclic amines) is 1. The smallest absolute Gasteiger partial charge is 0.225 e. The molecule has 108 valence electrons. The van der Waals surface area contributed by atoms with E-state index in [2.05, 4.69) is 10.2 Å². The molecule has 5 heteroatoms. The lowest BCUT2D eigenvalue weighted by Crippen LogP contribution is -2.44. The van der Waals surface area contributed by atoms with Crippen LogP contribution in [0.15, 0.2) is 0 Å². The summed E-state index contributed by atoms with van der Waals surface area (Å²) in [7, 11) is 3.99. The molecule has 0 atom stereocenters. The lowest BCUT2D eigenvalue weighted by atomic mass is 9.95. The van der Waals surface area contributed by atoms with Crippen molar-refractivity contribution in [2.24, 2.45) is 11.8 Å². The van der Waals surface area contributed by atoms with E-state index in [1.807, 2.05) is 19.0 Å². The Kier molecular flexibility index (Phi) is 4.80. The van der Waals surface area contributed by atoms with E-state index in [9.17, 15) is 9.59 Å². The molecule has 0 radical (unpaired) electrons. The first-order valence-electron chi connectivity index (χ1n) is 7.29. The summed E-state index contributed by atoms with van der Waals surface area (Å²) in [6.45, 7) is 3.07. The second kappa shape index (κ2) is 6.37. The van der Waals surface area contributed by atoms with Crippen molar-refractivity contribution in [1.82, 2.24) is 15.1 Å². The summed E-state index contributed by atoms with van der Waals surface area (Å²) in [4.78, 5) is 27.9. The van der Waals surface area contributed by atoms with Crippen molar-refractivity contribution < 1.29 is 9.59 Å². The van der Waals surface area contributed by atoms with Gasteiger partial charge in [0.15, 0.2) is 0 Å². The van der Waals surface area contributed by atoms with E-state index in [1.165, 1.54) is 0 Å². The number of carbonyl (C=O) groups excluding carboxylic acids is 2. The van der Waals surface area contributed by atoms with Gasteiger partial charge in [-0.2, -0.15) is 0 Å². The van der Waals surface area contributed by atoms with E-state index in [0.29, 0.717) is 18.4 Å². The van der Waals surface area contributed by atoms with Gasteiger partial charge in [-0.25, -0.2) is 0 Å². The van der Waals surface area contributed by atoms with Gasteiger partial charge in [-0.3, -0.25) is 9.59 Å². The highest BCUT2D eigenvalue weighted by atomic mass is 16.2. The van der Waals surface area contributed by atoms with Crippen LogP contribution in [-0.2, 0) is 9.59 Å². The molecule has 1 saturated heterocycles. The van der Waals surface area contributed by atoms with Gasteiger partial charge in [0, 0.05) is 38.0 Å². The number of amides is 2. The van der Waals surface area contributed by atoms with Crippen molar-refractivity contribution in [3.63, 3.8) is 0 Å². The molecular weight excluding hydrogens is 242 g/mol. The Hall–Kier alpha value is -1.10. The normalized spacial score (nSPS) is 20.7. The van der Waals surface area contributed by atoms with Crippen LogP contribution in [0.3, 0.4) is 0 Å². The third-order valence-corrected chi connectivity index (χ3v) is 3.96. The van der Waals surface area contributed by atoms with Crippen LogP contribution in [0.2, 0.25) is 0 Å². The predicted octanol–water partition coefficient (Wildman–Crippen LogP) is 0.313. The molecule has 2 aliphatic rings. The van der Waals surface area contributed by atoms with Gasteiger partial charge in [0.05, 0.1) is 0 Å². The number of hydrogen-bond donors (Lipinski definition) is 1. The van der Waals surface area contributed by atoms with Gasteiger partial charge in [-0.1, -0.05) is 0 Å². The number of nitrogens with zero attached hydrogens (tertiary/aromatic N) is 2. The summed E-state index contributed by atoms with van der Waals surface area (Å²) in [5, 5.41) is 2.98. The predicted molar refractivity (Wildman–Crippen MR) is 73.6 cm³/mol. The minimum absolute atomic E-state index is 0.0883. The van der Waals surface area contributed by atoms with Crippen molar-refractivity contribution in [3.8, 4) is 0 Å². The molecule has 1 aliphatic carbocycles. The molecule has 1 aliphatic heterocycles. The summed E-state index contributed by atoms with van der Waals surface area (Å²) < 4.78 is 0. The van der Waals surface area contributed by atoms with Crippen LogP contribution in [0.4, 0.5) is 0 Å². The maximum Gasteiger partial charge on any atom is 0.225 e. The number of likely N-dealkylation sites (N-methyl/N-ethyl adjacent to an activating group) is 1. The third kappa shape index (κ3) is 4.20. The number of nitrogens with one attached hydrogen (secondary N) is 1. The fraction of sp³-hybridized carbons (Fsp3) is 0.857. The van der Waals surface area contributed by atoms with Crippen molar-refractivity contribution in [2.75, 3.05) is 40.3 Å². The zero-order valence-corrected chi connectivity index (χ0v) is 12.0. The number of carbonyl (C=O) groups is 2. The van der Waals surface area contributed by atoms with Crippen LogP contribution in [0.5, 0.6) is 0 Å². The highest BCUT2D eigenvalue weighted by Crippen LogP contribution is 2.32. The van der Waals surface area contributed by atoms with Crippen LogP contribution in [0.1, 0.15) is 25.7 Å². The van der Waals surface area contributed by atoms with Crippen LogP contribution in [-0.4, -0.2) is 61.9 Å². The molecular formula is C14H25N3O2. The van der Waals surface area contributed by atoms with Gasteiger partial charge >= 0.3 is 0 Å². The van der Waals surface area contributed by atoms with E-state index in [-0.39, 0.29) is 11.8 Å². The van der Waals surface area contributed by atoms with Gasteiger partial charge < -0.3 is 15.1 Å². The van der Waals surface area contributed by atoms with E-state index in [0.717, 1.165) is 45.3 Å². The number of rotatable bonds is 5. The molecule has 1 saturated carbocycles. The van der Waals surface area contributed by atoms with Crippen molar-refractivity contribution in [3.05, 3.63) is 0 Å². The molecule has 1 heterocycles. The molecule has 0 aromatic rings. The maximum atomic E-state index is 12.0. The highest BCUT2D eigenvalue weighted by molar-refractivity contribution is 5.82.